The van der Waals surface area contributed by atoms with Crippen LogP contribution in [0.25, 0.3) is 0 Å². The molecule has 1 saturated heterocycles. The van der Waals surface area contributed by atoms with E-state index in [4.69, 9.17) is 0 Å². The Balaban J connectivity index is 2.40. The van der Waals surface area contributed by atoms with E-state index in [-0.39, 0.29) is 0 Å². The molecule has 0 spiro atoms. The molecule has 1 heterocycles. The molecule has 13 heavy (non-hydrogen) atoms. The fraction of sp³-hybridized carbons (Fsp3) is 0.500. The molecule has 1 nitrogen and oxygen atoms in total. The van der Waals surface area contributed by atoms with Crippen molar-refractivity contribution in [3.8, 4) is 0 Å². The molecular formula is C12H19N. The fourth-order valence-corrected chi connectivity index (χ4v) is 2.04. The van der Waals surface area contributed by atoms with E-state index in [2.05, 4.69) is 24.6 Å². The van der Waals surface area contributed by atoms with Crippen LogP contribution in [0.1, 0.15) is 19.3 Å². The minimum atomic E-state index is 0.695. The van der Waals surface area contributed by atoms with Gasteiger partial charge in [0, 0.05) is 18.6 Å². The standard InChI is InChI=1S/C12H19N/c1-4-7-11-10-12(8-5-2)13(11)9-6-3/h4-6,11-12H,1-3,7-10H2. The van der Waals surface area contributed by atoms with E-state index >= 15 is 0 Å². The van der Waals surface area contributed by atoms with Crippen LogP contribution in [-0.2, 0) is 0 Å². The normalized spacial score (nSPS) is 27.7. The van der Waals surface area contributed by atoms with Crippen LogP contribution in [0.5, 0.6) is 0 Å². The lowest BCUT2D eigenvalue weighted by Crippen LogP contribution is -2.55. The molecule has 0 saturated carbocycles. The zero-order valence-corrected chi connectivity index (χ0v) is 8.28. The number of likely N-dealkylation sites (tertiary alicyclic amines) is 1. The summed E-state index contributed by atoms with van der Waals surface area (Å²) in [5.74, 6) is 0. The Kier molecular flexibility index (Phi) is 3.97. The molecule has 1 heteroatoms. The molecule has 0 amide bonds. The SMILES string of the molecule is C=CCC1CC(CC=C)N1CC=C. The lowest BCUT2D eigenvalue weighted by atomic mass is 9.88. The van der Waals surface area contributed by atoms with E-state index in [1.165, 1.54) is 6.42 Å². The summed E-state index contributed by atoms with van der Waals surface area (Å²) < 4.78 is 0. The molecule has 1 fully saturated rings. The second kappa shape index (κ2) is 5.03. The monoisotopic (exact) mass is 177 g/mol. The summed E-state index contributed by atoms with van der Waals surface area (Å²) >= 11 is 0. The van der Waals surface area contributed by atoms with Gasteiger partial charge in [0.1, 0.15) is 0 Å². The first-order valence-electron chi connectivity index (χ1n) is 4.92. The van der Waals surface area contributed by atoms with E-state index in [9.17, 15) is 0 Å². The number of nitrogens with zero attached hydrogens (tertiary/aromatic N) is 1. The topological polar surface area (TPSA) is 3.24 Å². The van der Waals surface area contributed by atoms with Gasteiger partial charge in [0.25, 0.3) is 0 Å². The van der Waals surface area contributed by atoms with Gasteiger partial charge in [-0.2, -0.15) is 0 Å². The Morgan fingerprint density at radius 1 is 1.00 bits per heavy atom. The lowest BCUT2D eigenvalue weighted by molar-refractivity contribution is 0.0314. The van der Waals surface area contributed by atoms with Crippen LogP contribution >= 0.6 is 0 Å². The molecular weight excluding hydrogens is 158 g/mol. The fourth-order valence-electron chi connectivity index (χ4n) is 2.04. The van der Waals surface area contributed by atoms with Crippen molar-refractivity contribution in [1.29, 1.82) is 0 Å². The van der Waals surface area contributed by atoms with Gasteiger partial charge in [-0.1, -0.05) is 18.2 Å². The molecule has 1 aliphatic rings. The average Bonchev–Trinajstić information content (AvgIpc) is 2.13. The van der Waals surface area contributed by atoms with E-state index in [1.54, 1.807) is 0 Å². The third-order valence-electron chi connectivity index (χ3n) is 2.70. The Morgan fingerprint density at radius 3 is 1.92 bits per heavy atom. The van der Waals surface area contributed by atoms with Gasteiger partial charge in [0.05, 0.1) is 0 Å². The maximum Gasteiger partial charge on any atom is 0.0166 e. The first kappa shape index (κ1) is 10.3. The summed E-state index contributed by atoms with van der Waals surface area (Å²) in [4.78, 5) is 2.48. The van der Waals surface area contributed by atoms with Gasteiger partial charge < -0.3 is 0 Å². The van der Waals surface area contributed by atoms with E-state index < -0.39 is 0 Å². The summed E-state index contributed by atoms with van der Waals surface area (Å²) in [7, 11) is 0. The molecule has 0 radical (unpaired) electrons. The van der Waals surface area contributed by atoms with Gasteiger partial charge in [-0.25, -0.2) is 0 Å². The molecule has 0 aromatic heterocycles. The number of hydrogen-bond acceptors (Lipinski definition) is 1. The molecule has 72 valence electrons. The molecule has 0 aromatic carbocycles. The highest BCUT2D eigenvalue weighted by Gasteiger charge is 2.34. The van der Waals surface area contributed by atoms with Crippen molar-refractivity contribution in [1.82, 2.24) is 4.90 Å². The van der Waals surface area contributed by atoms with Gasteiger partial charge in [-0.15, -0.1) is 19.7 Å². The highest BCUT2D eigenvalue weighted by atomic mass is 15.2. The van der Waals surface area contributed by atoms with E-state index in [1.807, 2.05) is 18.2 Å². The Hall–Kier alpha value is -0.820. The smallest absolute Gasteiger partial charge is 0.0166 e. The molecule has 2 atom stereocenters. The third-order valence-corrected chi connectivity index (χ3v) is 2.70. The zero-order chi connectivity index (χ0) is 9.68. The second-order valence-electron chi connectivity index (χ2n) is 3.58. The maximum absolute atomic E-state index is 3.78. The van der Waals surface area contributed by atoms with Crippen LogP contribution < -0.4 is 0 Å². The third kappa shape index (κ3) is 2.31. The van der Waals surface area contributed by atoms with Crippen LogP contribution in [0.3, 0.4) is 0 Å². The summed E-state index contributed by atoms with van der Waals surface area (Å²) in [6.45, 7) is 12.3. The van der Waals surface area contributed by atoms with Gasteiger partial charge in [0.15, 0.2) is 0 Å². The average molecular weight is 177 g/mol. The van der Waals surface area contributed by atoms with Crippen molar-refractivity contribution in [2.24, 2.45) is 0 Å². The number of rotatable bonds is 6. The predicted molar refractivity (Wildman–Crippen MR) is 58.7 cm³/mol. The van der Waals surface area contributed by atoms with Crippen LogP contribution in [0.2, 0.25) is 0 Å². The number of hydrogen-bond donors (Lipinski definition) is 0. The lowest BCUT2D eigenvalue weighted by Gasteiger charge is -2.48. The van der Waals surface area contributed by atoms with Gasteiger partial charge in [0.2, 0.25) is 0 Å². The summed E-state index contributed by atoms with van der Waals surface area (Å²) in [6, 6.07) is 1.39. The van der Waals surface area contributed by atoms with Crippen molar-refractivity contribution in [3.63, 3.8) is 0 Å². The van der Waals surface area contributed by atoms with Crippen molar-refractivity contribution in [3.05, 3.63) is 38.0 Å². The van der Waals surface area contributed by atoms with Crippen molar-refractivity contribution < 1.29 is 0 Å². The van der Waals surface area contributed by atoms with Crippen molar-refractivity contribution in [2.45, 2.75) is 31.3 Å². The van der Waals surface area contributed by atoms with Crippen LogP contribution in [-0.4, -0.2) is 23.5 Å². The van der Waals surface area contributed by atoms with Gasteiger partial charge in [-0.05, 0) is 19.3 Å². The van der Waals surface area contributed by atoms with E-state index in [0.29, 0.717) is 12.1 Å². The Labute approximate surface area is 81.4 Å². The van der Waals surface area contributed by atoms with Crippen molar-refractivity contribution >= 4 is 0 Å². The zero-order valence-electron chi connectivity index (χ0n) is 8.28. The molecule has 0 aromatic rings. The van der Waals surface area contributed by atoms with Gasteiger partial charge in [-0.3, -0.25) is 4.90 Å². The van der Waals surface area contributed by atoms with Crippen LogP contribution in [0.15, 0.2) is 38.0 Å². The predicted octanol–water partition coefficient (Wildman–Crippen LogP) is 2.77. The highest BCUT2D eigenvalue weighted by molar-refractivity contribution is 5.00. The molecule has 1 aliphatic heterocycles. The van der Waals surface area contributed by atoms with E-state index in [0.717, 1.165) is 19.4 Å². The largest absolute Gasteiger partial charge is 0.293 e. The Morgan fingerprint density at radius 2 is 1.54 bits per heavy atom. The molecule has 0 aliphatic carbocycles. The highest BCUT2D eigenvalue weighted by Crippen LogP contribution is 2.30. The maximum atomic E-state index is 3.78. The van der Waals surface area contributed by atoms with Crippen molar-refractivity contribution in [2.75, 3.05) is 6.54 Å². The van der Waals surface area contributed by atoms with Crippen LogP contribution in [0, 0.1) is 0 Å². The minimum absolute atomic E-state index is 0.695. The van der Waals surface area contributed by atoms with Gasteiger partial charge >= 0.3 is 0 Å². The second-order valence-corrected chi connectivity index (χ2v) is 3.58. The molecule has 2 unspecified atom stereocenters. The minimum Gasteiger partial charge on any atom is -0.293 e. The quantitative estimate of drug-likeness (QED) is 0.564. The summed E-state index contributed by atoms with van der Waals surface area (Å²) in [5.41, 5.74) is 0. The van der Waals surface area contributed by atoms with Crippen LogP contribution in [0.4, 0.5) is 0 Å². The molecule has 0 bridgehead atoms. The Bertz CT molecular complexity index is 179. The first-order chi connectivity index (χ1) is 6.33. The summed E-state index contributed by atoms with van der Waals surface area (Å²) in [6.07, 6.45) is 9.47. The summed E-state index contributed by atoms with van der Waals surface area (Å²) in [5, 5.41) is 0. The molecule has 0 N–H and O–H groups in total. The first-order valence-corrected chi connectivity index (χ1v) is 4.92. The molecule has 1 rings (SSSR count).